The van der Waals surface area contributed by atoms with Crippen molar-refractivity contribution in [2.45, 2.75) is 102 Å². The first-order valence-electron chi connectivity index (χ1n) is 17.5. The molecule has 10 nitrogen and oxygen atoms in total. The monoisotopic (exact) mass is 751 g/mol. The van der Waals surface area contributed by atoms with Gasteiger partial charge in [-0.25, -0.2) is 18.0 Å². The number of nitrogens with zero attached hydrogens (tertiary/aromatic N) is 1. The SMILES string of the molecule is CCC(C)(C)c1ccc(OCCCNS(=O)(=O)c2ccc3c(c2)C(=O)N(C(Cl)(C(=O)Nc2ccccc2)C(=O)C(C)(C)C)C3=O)c(C(C)(C)CC)c1. The first kappa shape index (κ1) is 40.7. The number of carbonyl (C=O) groups excluding carboxylic acids is 4. The van der Waals surface area contributed by atoms with E-state index in [1.54, 1.807) is 30.3 Å². The van der Waals surface area contributed by atoms with Crippen LogP contribution in [0.15, 0.2) is 71.6 Å². The van der Waals surface area contributed by atoms with Crippen LogP contribution in [0.4, 0.5) is 5.69 Å². The minimum atomic E-state index is -4.14. The number of alkyl halides is 1. The van der Waals surface area contributed by atoms with Gasteiger partial charge in [0, 0.05) is 23.2 Å². The summed E-state index contributed by atoms with van der Waals surface area (Å²) in [5.74, 6) is -3.30. The lowest BCUT2D eigenvalue weighted by Gasteiger charge is -2.36. The third-order valence-electron chi connectivity index (χ3n) is 9.92. The molecule has 1 atom stereocenters. The van der Waals surface area contributed by atoms with Crippen LogP contribution in [0.3, 0.4) is 0 Å². The summed E-state index contributed by atoms with van der Waals surface area (Å²) in [6.45, 7) is 17.9. The van der Waals surface area contributed by atoms with Crippen molar-refractivity contribution >= 4 is 50.8 Å². The summed E-state index contributed by atoms with van der Waals surface area (Å²) >= 11 is 6.79. The van der Waals surface area contributed by atoms with Crippen LogP contribution in [-0.4, -0.2) is 55.0 Å². The zero-order valence-corrected chi connectivity index (χ0v) is 33.0. The van der Waals surface area contributed by atoms with E-state index < -0.39 is 43.9 Å². The number of carbonyl (C=O) groups is 4. The van der Waals surface area contributed by atoms with E-state index in [4.69, 9.17) is 16.3 Å². The number of hydrogen-bond acceptors (Lipinski definition) is 7. The zero-order chi connectivity index (χ0) is 38.9. The standard InChI is InChI=1S/C40H50ClN3O7S/c1-10-38(6,7)26-18-21-32(31(24-26)39(8,9)11-2)51-23-15-22-42-52(49,50)28-19-20-29-30(25-28)34(46)44(33(29)45)40(41,35(47)37(3,4)5)36(48)43-27-16-13-12-14-17-27/h12-14,16-21,24-25,42H,10-11,15,22-23H2,1-9H3,(H,43,48). The Hall–Kier alpha value is -4.06. The van der Waals surface area contributed by atoms with Gasteiger partial charge in [0.25, 0.3) is 22.7 Å². The highest BCUT2D eigenvalue weighted by molar-refractivity contribution is 7.89. The Morgan fingerprint density at radius 2 is 1.42 bits per heavy atom. The Morgan fingerprint density at radius 3 is 2.02 bits per heavy atom. The highest BCUT2D eigenvalue weighted by Crippen LogP contribution is 2.40. The number of anilines is 1. The first-order chi connectivity index (χ1) is 24.1. The van der Waals surface area contributed by atoms with Crippen LogP contribution in [-0.2, 0) is 30.4 Å². The summed E-state index contributed by atoms with van der Waals surface area (Å²) in [5, 5.41) is 2.53. The van der Waals surface area contributed by atoms with E-state index in [1.165, 1.54) is 38.5 Å². The van der Waals surface area contributed by atoms with Crippen molar-refractivity contribution in [2.24, 2.45) is 5.41 Å². The molecule has 52 heavy (non-hydrogen) atoms. The number of nitrogens with one attached hydrogen (secondary N) is 2. The van der Waals surface area contributed by atoms with Crippen molar-refractivity contribution in [3.63, 3.8) is 0 Å². The van der Waals surface area contributed by atoms with Gasteiger partial charge in [-0.1, -0.05) is 104 Å². The molecule has 3 aromatic carbocycles. The second kappa shape index (κ2) is 15.1. The van der Waals surface area contributed by atoms with Crippen LogP contribution >= 0.6 is 11.6 Å². The molecule has 4 rings (SSSR count). The average molecular weight is 752 g/mol. The Kier molecular flexibility index (Phi) is 11.8. The van der Waals surface area contributed by atoms with Gasteiger partial charge in [0.2, 0.25) is 10.0 Å². The molecule has 0 bridgehead atoms. The Bertz CT molecular complexity index is 1970. The minimum Gasteiger partial charge on any atom is -0.493 e. The van der Waals surface area contributed by atoms with Crippen LogP contribution in [0.2, 0.25) is 0 Å². The smallest absolute Gasteiger partial charge is 0.274 e. The zero-order valence-electron chi connectivity index (χ0n) is 31.5. The van der Waals surface area contributed by atoms with Crippen LogP contribution in [0, 0.1) is 5.41 Å². The van der Waals surface area contributed by atoms with Crippen molar-refractivity contribution in [2.75, 3.05) is 18.5 Å². The lowest BCUT2D eigenvalue weighted by atomic mass is 9.76. The van der Waals surface area contributed by atoms with Gasteiger partial charge >= 0.3 is 0 Å². The van der Waals surface area contributed by atoms with Crippen LogP contribution < -0.4 is 14.8 Å². The molecule has 0 radical (unpaired) electrons. The minimum absolute atomic E-state index is 0.0110. The molecule has 2 N–H and O–H groups in total. The van der Waals surface area contributed by atoms with Gasteiger partial charge in [-0.3, -0.25) is 19.2 Å². The van der Waals surface area contributed by atoms with E-state index in [9.17, 15) is 27.6 Å². The lowest BCUT2D eigenvalue weighted by molar-refractivity contribution is -0.139. The molecule has 1 aliphatic rings. The molecule has 3 aromatic rings. The number of ketones is 1. The molecule has 0 saturated carbocycles. The summed E-state index contributed by atoms with van der Waals surface area (Å²) in [6, 6.07) is 17.9. The number of amides is 3. The number of benzene rings is 3. The topological polar surface area (TPSA) is 139 Å². The molecular formula is C40H50ClN3O7S. The van der Waals surface area contributed by atoms with Gasteiger partial charge in [-0.15, -0.1) is 0 Å². The number of para-hydroxylation sites is 1. The number of sulfonamides is 1. The highest BCUT2D eigenvalue weighted by Gasteiger charge is 2.60. The maximum absolute atomic E-state index is 13.8. The molecule has 12 heteroatoms. The molecule has 0 aromatic heterocycles. The molecule has 1 heterocycles. The molecular weight excluding hydrogens is 702 g/mol. The van der Waals surface area contributed by atoms with Crippen LogP contribution in [0.25, 0.3) is 0 Å². The normalized spacial score (nSPS) is 14.9. The lowest BCUT2D eigenvalue weighted by Crippen LogP contribution is -2.62. The second-order valence-electron chi connectivity index (χ2n) is 15.5. The molecule has 0 aliphatic carbocycles. The van der Waals surface area contributed by atoms with Crippen LogP contribution in [0.5, 0.6) is 5.75 Å². The summed E-state index contributed by atoms with van der Waals surface area (Å²) in [7, 11) is -4.14. The number of Topliss-reactive ketones (excluding diaryl/α,β-unsaturated/α-hetero) is 1. The molecule has 0 spiro atoms. The summed E-state index contributed by atoms with van der Waals surface area (Å²) in [4.78, 5) is 52.3. The van der Waals surface area contributed by atoms with E-state index >= 15 is 0 Å². The van der Waals surface area contributed by atoms with Crippen molar-refractivity contribution in [3.8, 4) is 5.75 Å². The summed E-state index contributed by atoms with van der Waals surface area (Å²) < 4.78 is 35.4. The predicted molar refractivity (Wildman–Crippen MR) is 203 cm³/mol. The van der Waals surface area contributed by atoms with E-state index in [2.05, 4.69) is 63.7 Å². The highest BCUT2D eigenvalue weighted by atomic mass is 35.5. The molecule has 0 saturated heterocycles. The molecule has 3 amide bonds. The Morgan fingerprint density at radius 1 is 0.808 bits per heavy atom. The van der Waals surface area contributed by atoms with E-state index in [0.717, 1.165) is 30.2 Å². The average Bonchev–Trinajstić information content (AvgIpc) is 3.35. The van der Waals surface area contributed by atoms with Gasteiger partial charge in [-0.05, 0) is 72.1 Å². The Balaban J connectivity index is 1.51. The Labute approximate surface area is 312 Å². The molecule has 280 valence electrons. The van der Waals surface area contributed by atoms with E-state index in [1.807, 2.05) is 6.07 Å². The fourth-order valence-corrected chi connectivity index (χ4v) is 7.33. The van der Waals surface area contributed by atoms with E-state index in [-0.39, 0.29) is 40.0 Å². The van der Waals surface area contributed by atoms with Crippen molar-refractivity contribution in [3.05, 3.63) is 89.0 Å². The third-order valence-corrected chi connectivity index (χ3v) is 11.9. The molecule has 1 aliphatic heterocycles. The number of rotatable bonds is 15. The predicted octanol–water partition coefficient (Wildman–Crippen LogP) is 7.59. The fourth-order valence-electron chi connectivity index (χ4n) is 5.75. The van der Waals surface area contributed by atoms with Gasteiger partial charge in [0.05, 0.1) is 22.6 Å². The van der Waals surface area contributed by atoms with E-state index in [0.29, 0.717) is 17.0 Å². The van der Waals surface area contributed by atoms with Gasteiger partial charge in [0.1, 0.15) is 5.75 Å². The maximum atomic E-state index is 13.8. The van der Waals surface area contributed by atoms with Crippen molar-refractivity contribution in [1.29, 1.82) is 0 Å². The third kappa shape index (κ3) is 8.11. The second-order valence-corrected chi connectivity index (χ2v) is 17.8. The van der Waals surface area contributed by atoms with Crippen molar-refractivity contribution in [1.82, 2.24) is 9.62 Å². The number of halogens is 1. The number of ether oxygens (including phenoxy) is 1. The number of hydrogen-bond donors (Lipinski definition) is 2. The molecule has 0 fully saturated rings. The van der Waals surface area contributed by atoms with Gasteiger partial charge < -0.3 is 10.1 Å². The van der Waals surface area contributed by atoms with Crippen molar-refractivity contribution < 1.29 is 32.3 Å². The van der Waals surface area contributed by atoms with Gasteiger partial charge in [0.15, 0.2) is 5.78 Å². The number of fused-ring (bicyclic) bond motifs is 1. The number of imide groups is 1. The summed E-state index contributed by atoms with van der Waals surface area (Å²) in [6.07, 6.45) is 2.25. The van der Waals surface area contributed by atoms with Crippen LogP contribution in [0.1, 0.15) is 113 Å². The quantitative estimate of drug-likeness (QED) is 0.0536. The molecule has 1 unspecified atom stereocenters. The maximum Gasteiger partial charge on any atom is 0.274 e. The summed E-state index contributed by atoms with van der Waals surface area (Å²) in [5.41, 5.74) is 0.772. The largest absolute Gasteiger partial charge is 0.493 e. The first-order valence-corrected chi connectivity index (χ1v) is 19.4. The van der Waals surface area contributed by atoms with Gasteiger partial charge in [-0.2, -0.15) is 0 Å². The fraction of sp³-hybridized carbons (Fsp3) is 0.450.